The molecule has 1 aliphatic rings. The van der Waals surface area contributed by atoms with E-state index in [1.54, 1.807) is 30.3 Å². The van der Waals surface area contributed by atoms with Crippen molar-refractivity contribution in [3.63, 3.8) is 0 Å². The Morgan fingerprint density at radius 3 is 2.58 bits per heavy atom. The minimum Gasteiger partial charge on any atom is -0.326 e. The largest absolute Gasteiger partial charge is 0.326 e. The van der Waals surface area contributed by atoms with Gasteiger partial charge in [-0.3, -0.25) is 10.2 Å². The summed E-state index contributed by atoms with van der Waals surface area (Å²) < 4.78 is 24.9. The molecule has 1 atom stereocenters. The maximum Gasteiger partial charge on any atom is 0.297 e. The number of alkyl halides is 2. The number of Topliss-reactive ketones (excluding diaryl/α,β-unsaturated/α-hetero) is 1. The van der Waals surface area contributed by atoms with Crippen molar-refractivity contribution in [2.24, 2.45) is 5.92 Å². The van der Waals surface area contributed by atoms with Gasteiger partial charge in [0.25, 0.3) is 6.43 Å². The SMILES string of the molecule is N=C1C(C(=O)C(F)F)C=CCN1c1ccc(Cl)cc1. The summed E-state index contributed by atoms with van der Waals surface area (Å²) in [5.74, 6) is -2.58. The first-order valence-corrected chi connectivity index (χ1v) is 5.98. The van der Waals surface area contributed by atoms with Crippen LogP contribution in [0.5, 0.6) is 0 Å². The smallest absolute Gasteiger partial charge is 0.297 e. The first-order valence-electron chi connectivity index (χ1n) is 5.61. The van der Waals surface area contributed by atoms with Crippen molar-refractivity contribution in [3.8, 4) is 0 Å². The molecule has 1 heterocycles. The van der Waals surface area contributed by atoms with Gasteiger partial charge in [-0.1, -0.05) is 23.8 Å². The molecule has 1 aliphatic heterocycles. The molecule has 3 nitrogen and oxygen atoms in total. The number of benzene rings is 1. The molecule has 100 valence electrons. The molecule has 0 saturated heterocycles. The van der Waals surface area contributed by atoms with E-state index in [1.165, 1.54) is 11.0 Å². The number of hydrogen-bond donors (Lipinski definition) is 1. The average Bonchev–Trinajstić information content (AvgIpc) is 2.39. The number of amidine groups is 1. The highest BCUT2D eigenvalue weighted by molar-refractivity contribution is 6.30. The van der Waals surface area contributed by atoms with Crippen LogP contribution >= 0.6 is 11.6 Å². The van der Waals surface area contributed by atoms with Gasteiger partial charge >= 0.3 is 0 Å². The molecule has 1 aromatic rings. The van der Waals surface area contributed by atoms with Crippen molar-refractivity contribution in [2.45, 2.75) is 6.43 Å². The summed E-state index contributed by atoms with van der Waals surface area (Å²) in [6.07, 6.45) is -0.110. The van der Waals surface area contributed by atoms with Crippen molar-refractivity contribution in [1.82, 2.24) is 0 Å². The third-order valence-electron chi connectivity index (χ3n) is 2.86. The molecule has 0 amide bonds. The van der Waals surface area contributed by atoms with Crippen molar-refractivity contribution in [3.05, 3.63) is 41.4 Å². The van der Waals surface area contributed by atoms with E-state index < -0.39 is 18.1 Å². The van der Waals surface area contributed by atoms with Gasteiger partial charge in [-0.2, -0.15) is 0 Å². The van der Waals surface area contributed by atoms with E-state index in [2.05, 4.69) is 0 Å². The maximum absolute atomic E-state index is 12.5. The summed E-state index contributed by atoms with van der Waals surface area (Å²) in [7, 11) is 0. The molecule has 0 radical (unpaired) electrons. The zero-order chi connectivity index (χ0) is 14.0. The van der Waals surface area contributed by atoms with E-state index >= 15 is 0 Å². The predicted octanol–water partition coefficient (Wildman–Crippen LogP) is 3.14. The van der Waals surface area contributed by atoms with Crippen molar-refractivity contribution in [2.75, 3.05) is 11.4 Å². The lowest BCUT2D eigenvalue weighted by molar-refractivity contribution is -0.130. The summed E-state index contributed by atoms with van der Waals surface area (Å²) in [5.41, 5.74) is 0.644. The lowest BCUT2D eigenvalue weighted by atomic mass is 9.98. The van der Waals surface area contributed by atoms with Crippen molar-refractivity contribution in [1.29, 1.82) is 5.41 Å². The van der Waals surface area contributed by atoms with E-state index in [-0.39, 0.29) is 5.84 Å². The number of anilines is 1. The van der Waals surface area contributed by atoms with Gasteiger partial charge in [-0.05, 0) is 24.3 Å². The highest BCUT2D eigenvalue weighted by Crippen LogP contribution is 2.24. The van der Waals surface area contributed by atoms with Crippen LogP contribution in [0.15, 0.2) is 36.4 Å². The molecule has 0 aliphatic carbocycles. The zero-order valence-electron chi connectivity index (χ0n) is 9.82. The molecular weight excluding hydrogens is 274 g/mol. The third-order valence-corrected chi connectivity index (χ3v) is 3.11. The lowest BCUT2D eigenvalue weighted by Crippen LogP contribution is -2.42. The molecular formula is C13H11ClF2N2O. The Labute approximate surface area is 114 Å². The number of ketones is 1. The fraction of sp³-hybridized carbons (Fsp3) is 0.231. The summed E-state index contributed by atoms with van der Waals surface area (Å²) in [6.45, 7) is 0.369. The summed E-state index contributed by atoms with van der Waals surface area (Å²) >= 11 is 5.77. The van der Waals surface area contributed by atoms with Gasteiger partial charge in [0, 0.05) is 17.3 Å². The Bertz CT molecular complexity index is 528. The topological polar surface area (TPSA) is 44.2 Å². The molecule has 0 saturated carbocycles. The van der Waals surface area contributed by atoms with E-state index in [0.29, 0.717) is 17.3 Å². The number of nitrogens with one attached hydrogen (secondary N) is 1. The minimum atomic E-state index is -3.07. The Morgan fingerprint density at radius 2 is 2.00 bits per heavy atom. The second-order valence-corrected chi connectivity index (χ2v) is 4.52. The molecule has 1 aromatic carbocycles. The minimum absolute atomic E-state index is 0.143. The summed E-state index contributed by atoms with van der Waals surface area (Å²) in [5, 5.41) is 8.45. The molecule has 0 spiro atoms. The van der Waals surface area contributed by atoms with Crippen LogP contribution in [0.3, 0.4) is 0 Å². The first kappa shape index (κ1) is 13.7. The molecule has 0 fully saturated rings. The van der Waals surface area contributed by atoms with Gasteiger partial charge in [-0.15, -0.1) is 0 Å². The Kier molecular flexibility index (Phi) is 3.95. The van der Waals surface area contributed by atoms with E-state index in [0.717, 1.165) is 0 Å². The lowest BCUT2D eigenvalue weighted by Gasteiger charge is -2.30. The van der Waals surface area contributed by atoms with Crippen molar-refractivity contribution >= 4 is 28.9 Å². The molecule has 6 heteroatoms. The van der Waals surface area contributed by atoms with Gasteiger partial charge in [0.15, 0.2) is 0 Å². The molecule has 0 aromatic heterocycles. The van der Waals surface area contributed by atoms with E-state index in [9.17, 15) is 13.6 Å². The Balaban J connectivity index is 2.25. The van der Waals surface area contributed by atoms with Gasteiger partial charge in [-0.25, -0.2) is 8.78 Å². The Morgan fingerprint density at radius 1 is 1.37 bits per heavy atom. The fourth-order valence-corrected chi connectivity index (χ4v) is 2.02. The van der Waals surface area contributed by atoms with Crippen LogP contribution in [0, 0.1) is 11.3 Å². The molecule has 19 heavy (non-hydrogen) atoms. The number of hydrogen-bond acceptors (Lipinski definition) is 2. The maximum atomic E-state index is 12.5. The average molecular weight is 285 g/mol. The second kappa shape index (κ2) is 5.48. The van der Waals surface area contributed by atoms with Crippen LogP contribution in [-0.4, -0.2) is 24.6 Å². The quantitative estimate of drug-likeness (QED) is 0.867. The number of halogens is 3. The molecule has 1 N–H and O–H groups in total. The highest BCUT2D eigenvalue weighted by atomic mass is 35.5. The molecule has 2 rings (SSSR count). The standard InChI is InChI=1S/C13H11ClF2N2O/c14-8-3-5-9(6-4-8)18-7-1-2-10(13(18)17)11(19)12(15)16/h1-6,10,12,17H,7H2. The summed E-state index contributed by atoms with van der Waals surface area (Å²) in [4.78, 5) is 12.9. The van der Waals surface area contributed by atoms with Crippen LogP contribution in [0.25, 0.3) is 0 Å². The van der Waals surface area contributed by atoms with Crippen LogP contribution in [-0.2, 0) is 4.79 Å². The third kappa shape index (κ3) is 2.81. The Hall–Kier alpha value is -1.75. The molecule has 1 unspecified atom stereocenters. The molecule has 0 bridgehead atoms. The van der Waals surface area contributed by atoms with E-state index in [4.69, 9.17) is 17.0 Å². The van der Waals surface area contributed by atoms with Crippen molar-refractivity contribution < 1.29 is 13.6 Å². The second-order valence-electron chi connectivity index (χ2n) is 4.08. The van der Waals surface area contributed by atoms with Crippen LogP contribution in [0.1, 0.15) is 0 Å². The number of carbonyl (C=O) groups is 1. The van der Waals surface area contributed by atoms with Crippen LogP contribution in [0.4, 0.5) is 14.5 Å². The highest BCUT2D eigenvalue weighted by Gasteiger charge is 2.33. The normalized spacial score (nSPS) is 19.1. The summed E-state index contributed by atoms with van der Waals surface area (Å²) in [6, 6.07) is 6.65. The van der Waals surface area contributed by atoms with Gasteiger partial charge in [0.05, 0.1) is 5.92 Å². The van der Waals surface area contributed by atoms with Gasteiger partial charge in [0.2, 0.25) is 5.78 Å². The van der Waals surface area contributed by atoms with Gasteiger partial charge in [0.1, 0.15) is 5.84 Å². The van der Waals surface area contributed by atoms with Crippen LogP contribution < -0.4 is 4.90 Å². The number of rotatable bonds is 3. The predicted molar refractivity (Wildman–Crippen MR) is 70.2 cm³/mol. The monoisotopic (exact) mass is 284 g/mol. The number of carbonyl (C=O) groups excluding carboxylic acids is 1. The van der Waals surface area contributed by atoms with E-state index in [1.807, 2.05) is 0 Å². The first-order chi connectivity index (χ1) is 9.00. The fourth-order valence-electron chi connectivity index (χ4n) is 1.89. The number of nitrogens with zero attached hydrogens (tertiary/aromatic N) is 1. The van der Waals surface area contributed by atoms with Gasteiger partial charge < -0.3 is 4.90 Å². The van der Waals surface area contributed by atoms with Crippen LogP contribution in [0.2, 0.25) is 5.02 Å². The zero-order valence-corrected chi connectivity index (χ0v) is 10.6.